The van der Waals surface area contributed by atoms with E-state index in [1.165, 1.54) is 6.07 Å². The number of amides is 1. The average Bonchev–Trinajstić information content (AvgIpc) is 2.49. The lowest BCUT2D eigenvalue weighted by molar-refractivity contribution is -0.385. The Bertz CT molecular complexity index is 551. The molecule has 1 aromatic carbocycles. The van der Waals surface area contributed by atoms with Gasteiger partial charge in [0.05, 0.1) is 10.3 Å². The van der Waals surface area contributed by atoms with Crippen LogP contribution in [-0.4, -0.2) is 23.9 Å². The van der Waals surface area contributed by atoms with Gasteiger partial charge in [-0.1, -0.05) is 13.0 Å². The van der Waals surface area contributed by atoms with E-state index in [-0.39, 0.29) is 11.6 Å². The van der Waals surface area contributed by atoms with E-state index in [0.29, 0.717) is 17.8 Å². The van der Waals surface area contributed by atoms with Crippen molar-refractivity contribution in [3.05, 3.63) is 33.9 Å². The first-order chi connectivity index (χ1) is 9.98. The number of hydrogen-bond donors (Lipinski definition) is 2. The summed E-state index contributed by atoms with van der Waals surface area (Å²) in [6.45, 7) is 5.28. The number of nitrogens with zero attached hydrogens (tertiary/aromatic N) is 1. The normalized spacial score (nSPS) is 21.8. The fourth-order valence-corrected chi connectivity index (χ4v) is 2.77. The van der Waals surface area contributed by atoms with Crippen LogP contribution < -0.4 is 10.6 Å². The molecule has 1 aliphatic rings. The lowest BCUT2D eigenvalue weighted by Gasteiger charge is -2.35. The van der Waals surface area contributed by atoms with Crippen LogP contribution in [0.15, 0.2) is 18.2 Å². The van der Waals surface area contributed by atoms with Gasteiger partial charge >= 0.3 is 0 Å². The summed E-state index contributed by atoms with van der Waals surface area (Å²) in [6, 6.07) is 4.79. The van der Waals surface area contributed by atoms with Crippen molar-refractivity contribution in [1.29, 1.82) is 0 Å². The lowest BCUT2D eigenvalue weighted by Crippen LogP contribution is -2.47. The number of benzene rings is 1. The molecule has 21 heavy (non-hydrogen) atoms. The quantitative estimate of drug-likeness (QED) is 0.659. The Hall–Kier alpha value is -1.95. The summed E-state index contributed by atoms with van der Waals surface area (Å²) < 4.78 is 0. The van der Waals surface area contributed by atoms with Crippen LogP contribution in [0.1, 0.15) is 31.7 Å². The number of piperidine rings is 1. The molecule has 0 aliphatic carbocycles. The van der Waals surface area contributed by atoms with Crippen LogP contribution in [0.5, 0.6) is 0 Å². The molecule has 0 saturated carbocycles. The maximum atomic E-state index is 12.6. The van der Waals surface area contributed by atoms with Crippen LogP contribution in [0.2, 0.25) is 0 Å². The van der Waals surface area contributed by atoms with Gasteiger partial charge in [0.25, 0.3) is 5.69 Å². The Morgan fingerprint density at radius 3 is 2.86 bits per heavy atom. The van der Waals surface area contributed by atoms with Crippen LogP contribution >= 0.6 is 0 Å². The molecule has 1 atom stereocenters. The van der Waals surface area contributed by atoms with E-state index in [0.717, 1.165) is 25.8 Å². The molecule has 0 bridgehead atoms. The van der Waals surface area contributed by atoms with Crippen molar-refractivity contribution >= 4 is 17.3 Å². The number of nitro groups is 1. The molecule has 1 saturated heterocycles. The molecule has 1 aromatic rings. The third-order valence-electron chi connectivity index (χ3n) is 4.29. The molecule has 1 heterocycles. The van der Waals surface area contributed by atoms with Crippen LogP contribution in [0.4, 0.5) is 11.4 Å². The zero-order valence-electron chi connectivity index (χ0n) is 12.4. The number of nitro benzene ring substituents is 1. The summed E-state index contributed by atoms with van der Waals surface area (Å²) in [6.07, 6.45) is 2.56. The van der Waals surface area contributed by atoms with Gasteiger partial charge < -0.3 is 10.6 Å². The molecule has 6 heteroatoms. The highest BCUT2D eigenvalue weighted by atomic mass is 16.6. The predicted molar refractivity (Wildman–Crippen MR) is 81.3 cm³/mol. The van der Waals surface area contributed by atoms with Crippen molar-refractivity contribution in [3.8, 4) is 0 Å². The van der Waals surface area contributed by atoms with Crippen molar-refractivity contribution in [3.63, 3.8) is 0 Å². The molecule has 1 amide bonds. The minimum absolute atomic E-state index is 0.0279. The maximum absolute atomic E-state index is 12.6. The van der Waals surface area contributed by atoms with Gasteiger partial charge in [-0.05, 0) is 38.8 Å². The molecule has 0 aromatic heterocycles. The van der Waals surface area contributed by atoms with Crippen LogP contribution in [-0.2, 0) is 4.79 Å². The van der Waals surface area contributed by atoms with Gasteiger partial charge in [-0.15, -0.1) is 0 Å². The second kappa shape index (κ2) is 6.22. The molecular weight excluding hydrogens is 270 g/mol. The van der Waals surface area contributed by atoms with E-state index in [1.54, 1.807) is 19.1 Å². The Balaban J connectivity index is 2.19. The van der Waals surface area contributed by atoms with Gasteiger partial charge in [-0.2, -0.15) is 0 Å². The monoisotopic (exact) mass is 291 g/mol. The summed E-state index contributed by atoms with van der Waals surface area (Å²) in [5.41, 5.74) is 0.677. The molecule has 1 unspecified atom stereocenters. The van der Waals surface area contributed by atoms with Gasteiger partial charge in [-0.3, -0.25) is 14.9 Å². The summed E-state index contributed by atoms with van der Waals surface area (Å²) in [4.78, 5) is 23.1. The summed E-state index contributed by atoms with van der Waals surface area (Å²) in [7, 11) is 0. The fraction of sp³-hybridized carbons (Fsp3) is 0.533. The first-order valence-corrected chi connectivity index (χ1v) is 7.26. The van der Waals surface area contributed by atoms with Crippen molar-refractivity contribution in [2.24, 2.45) is 5.41 Å². The minimum Gasteiger partial charge on any atom is -0.325 e. The van der Waals surface area contributed by atoms with Crippen molar-refractivity contribution < 1.29 is 9.72 Å². The van der Waals surface area contributed by atoms with Gasteiger partial charge in [-0.25, -0.2) is 0 Å². The molecule has 0 radical (unpaired) electrons. The van der Waals surface area contributed by atoms with E-state index < -0.39 is 10.3 Å². The average molecular weight is 291 g/mol. The highest BCUT2D eigenvalue weighted by Crippen LogP contribution is 2.32. The molecular formula is C15H21N3O3. The highest BCUT2D eigenvalue weighted by Gasteiger charge is 2.37. The lowest BCUT2D eigenvalue weighted by atomic mass is 9.77. The van der Waals surface area contributed by atoms with Crippen LogP contribution in [0.3, 0.4) is 0 Å². The number of hydrogen-bond acceptors (Lipinski definition) is 4. The van der Waals surface area contributed by atoms with E-state index in [4.69, 9.17) is 0 Å². The Morgan fingerprint density at radius 1 is 1.52 bits per heavy atom. The van der Waals surface area contributed by atoms with E-state index >= 15 is 0 Å². The summed E-state index contributed by atoms with van der Waals surface area (Å²) in [5, 5.41) is 17.1. The van der Waals surface area contributed by atoms with Crippen LogP contribution in [0.25, 0.3) is 0 Å². The fourth-order valence-electron chi connectivity index (χ4n) is 2.77. The van der Waals surface area contributed by atoms with Gasteiger partial charge in [0.1, 0.15) is 0 Å². The topological polar surface area (TPSA) is 84.3 Å². The zero-order chi connectivity index (χ0) is 15.5. The number of aryl methyl sites for hydroxylation is 1. The van der Waals surface area contributed by atoms with E-state index in [9.17, 15) is 14.9 Å². The molecule has 0 spiro atoms. The SMILES string of the molecule is CCC1(C(=O)Nc2ccc(C)c([N+](=O)[O-])c2)CCCNC1. The summed E-state index contributed by atoms with van der Waals surface area (Å²) in [5.74, 6) is -0.0599. The molecule has 114 valence electrons. The first-order valence-electron chi connectivity index (χ1n) is 7.26. The Morgan fingerprint density at radius 2 is 2.29 bits per heavy atom. The van der Waals surface area contributed by atoms with E-state index in [2.05, 4.69) is 10.6 Å². The number of anilines is 1. The third kappa shape index (κ3) is 3.21. The van der Waals surface area contributed by atoms with Crippen molar-refractivity contribution in [1.82, 2.24) is 5.32 Å². The second-order valence-electron chi connectivity index (χ2n) is 5.63. The second-order valence-corrected chi connectivity index (χ2v) is 5.63. The van der Waals surface area contributed by atoms with Crippen molar-refractivity contribution in [2.45, 2.75) is 33.1 Å². The molecule has 2 N–H and O–H groups in total. The number of carbonyl (C=O) groups excluding carboxylic acids is 1. The molecule has 2 rings (SSSR count). The smallest absolute Gasteiger partial charge is 0.274 e. The number of nitrogens with one attached hydrogen (secondary N) is 2. The minimum atomic E-state index is -0.428. The summed E-state index contributed by atoms with van der Waals surface area (Å²) >= 11 is 0. The number of carbonyl (C=O) groups is 1. The van der Waals surface area contributed by atoms with Gasteiger partial charge in [0, 0.05) is 23.9 Å². The zero-order valence-corrected chi connectivity index (χ0v) is 12.4. The molecule has 1 aliphatic heterocycles. The Kier molecular flexibility index (Phi) is 4.57. The third-order valence-corrected chi connectivity index (χ3v) is 4.29. The van der Waals surface area contributed by atoms with Crippen LogP contribution in [0, 0.1) is 22.5 Å². The van der Waals surface area contributed by atoms with E-state index in [1.807, 2.05) is 6.92 Å². The predicted octanol–water partition coefficient (Wildman–Crippen LogP) is 2.62. The Labute approximate surface area is 124 Å². The van der Waals surface area contributed by atoms with Crippen molar-refractivity contribution in [2.75, 3.05) is 18.4 Å². The molecule has 6 nitrogen and oxygen atoms in total. The first kappa shape index (κ1) is 15.4. The number of rotatable bonds is 4. The highest BCUT2D eigenvalue weighted by molar-refractivity contribution is 5.95. The largest absolute Gasteiger partial charge is 0.325 e. The van der Waals surface area contributed by atoms with Gasteiger partial charge in [0.15, 0.2) is 0 Å². The standard InChI is InChI=1S/C15H21N3O3/c1-3-15(7-4-8-16-10-15)14(19)17-12-6-5-11(2)13(9-12)18(20)21/h5-6,9,16H,3-4,7-8,10H2,1-2H3,(H,17,19). The molecule has 1 fully saturated rings. The van der Waals surface area contributed by atoms with Gasteiger partial charge in [0.2, 0.25) is 5.91 Å². The maximum Gasteiger partial charge on any atom is 0.274 e.